The van der Waals surface area contributed by atoms with Crippen LogP contribution in [-0.2, 0) is 0 Å². The summed E-state index contributed by atoms with van der Waals surface area (Å²) >= 11 is 0. The highest BCUT2D eigenvalue weighted by atomic mass is 14.1. The Hall–Kier alpha value is -2.86. The molecule has 0 heterocycles. The summed E-state index contributed by atoms with van der Waals surface area (Å²) < 4.78 is 0. The molecule has 24 heavy (non-hydrogen) atoms. The van der Waals surface area contributed by atoms with E-state index in [4.69, 9.17) is 0 Å². The molecular formula is C24H18. The molecule has 5 rings (SSSR count). The first kappa shape index (κ1) is 13.6. The SMILES string of the molecule is Cc1ccc2c3cc4ccccc4cc3c3cccc(C)c3c2c1. The van der Waals surface area contributed by atoms with Gasteiger partial charge in [-0.25, -0.2) is 0 Å². The summed E-state index contributed by atoms with van der Waals surface area (Å²) in [6.07, 6.45) is 0. The zero-order valence-electron chi connectivity index (χ0n) is 13.9. The van der Waals surface area contributed by atoms with E-state index in [1.54, 1.807) is 0 Å². The van der Waals surface area contributed by atoms with Gasteiger partial charge in [0.15, 0.2) is 0 Å². The summed E-state index contributed by atoms with van der Waals surface area (Å²) in [5.41, 5.74) is 2.66. The Morgan fingerprint density at radius 1 is 0.500 bits per heavy atom. The van der Waals surface area contributed by atoms with Crippen molar-refractivity contribution in [3.05, 3.63) is 83.9 Å². The highest BCUT2D eigenvalue weighted by molar-refractivity contribution is 6.27. The Bertz CT molecular complexity index is 1260. The average Bonchev–Trinajstić information content (AvgIpc) is 2.60. The number of fused-ring (bicyclic) bond motifs is 7. The molecule has 0 nitrogen and oxygen atoms in total. The molecule has 0 saturated heterocycles. The normalized spacial score (nSPS) is 11.8. The summed E-state index contributed by atoms with van der Waals surface area (Å²) in [4.78, 5) is 0. The van der Waals surface area contributed by atoms with Crippen LogP contribution in [0.5, 0.6) is 0 Å². The first-order valence-corrected chi connectivity index (χ1v) is 8.46. The van der Waals surface area contributed by atoms with Crippen LogP contribution in [0.15, 0.2) is 72.8 Å². The fourth-order valence-electron chi connectivity index (χ4n) is 4.04. The fraction of sp³-hybridized carbons (Fsp3) is 0.0833. The van der Waals surface area contributed by atoms with Gasteiger partial charge in [-0.05, 0) is 74.6 Å². The van der Waals surface area contributed by atoms with E-state index in [-0.39, 0.29) is 0 Å². The number of rotatable bonds is 0. The Labute approximate surface area is 141 Å². The molecule has 0 radical (unpaired) electrons. The number of benzene rings is 5. The van der Waals surface area contributed by atoms with Crippen molar-refractivity contribution in [2.24, 2.45) is 0 Å². The third kappa shape index (κ3) is 1.80. The number of hydrogen-bond donors (Lipinski definition) is 0. The van der Waals surface area contributed by atoms with Crippen molar-refractivity contribution in [1.82, 2.24) is 0 Å². The maximum atomic E-state index is 2.35. The zero-order valence-corrected chi connectivity index (χ0v) is 13.9. The standard InChI is InChI=1S/C24H18/c1-15-10-11-19-21-13-17-7-3-4-8-18(17)14-22(21)20-9-5-6-16(2)24(20)23(19)12-15/h3-14H,1-2H3. The van der Waals surface area contributed by atoms with Gasteiger partial charge in [0.05, 0.1) is 0 Å². The fourth-order valence-corrected chi connectivity index (χ4v) is 4.04. The van der Waals surface area contributed by atoms with E-state index in [1.165, 1.54) is 54.2 Å². The predicted octanol–water partition coefficient (Wildman–Crippen LogP) is 6.92. The van der Waals surface area contributed by atoms with E-state index < -0.39 is 0 Å². The largest absolute Gasteiger partial charge is 0.0616 e. The lowest BCUT2D eigenvalue weighted by molar-refractivity contribution is 1.50. The van der Waals surface area contributed by atoms with E-state index in [9.17, 15) is 0 Å². The monoisotopic (exact) mass is 306 g/mol. The Kier molecular flexibility index (Phi) is 2.72. The molecule has 0 N–H and O–H groups in total. The second kappa shape index (κ2) is 4.82. The molecule has 0 spiro atoms. The van der Waals surface area contributed by atoms with E-state index in [0.717, 1.165) is 0 Å². The molecular weight excluding hydrogens is 288 g/mol. The molecule has 0 bridgehead atoms. The summed E-state index contributed by atoms with van der Waals surface area (Å²) in [7, 11) is 0. The highest BCUT2D eigenvalue weighted by Gasteiger charge is 2.11. The van der Waals surface area contributed by atoms with Gasteiger partial charge in [0.2, 0.25) is 0 Å². The summed E-state index contributed by atoms with van der Waals surface area (Å²) in [5, 5.41) is 10.8. The molecule has 0 amide bonds. The second-order valence-electron chi connectivity index (χ2n) is 6.79. The molecule has 0 aromatic heterocycles. The first-order chi connectivity index (χ1) is 11.7. The molecule has 114 valence electrons. The van der Waals surface area contributed by atoms with E-state index in [1.807, 2.05) is 0 Å². The number of hydrogen-bond acceptors (Lipinski definition) is 0. The van der Waals surface area contributed by atoms with Crippen molar-refractivity contribution in [3.8, 4) is 0 Å². The van der Waals surface area contributed by atoms with Crippen molar-refractivity contribution in [3.63, 3.8) is 0 Å². The van der Waals surface area contributed by atoms with Crippen molar-refractivity contribution in [2.75, 3.05) is 0 Å². The van der Waals surface area contributed by atoms with Crippen molar-refractivity contribution in [1.29, 1.82) is 0 Å². The summed E-state index contributed by atoms with van der Waals surface area (Å²) in [6.45, 7) is 4.39. The van der Waals surface area contributed by atoms with Gasteiger partial charge in [0, 0.05) is 0 Å². The zero-order chi connectivity index (χ0) is 16.3. The van der Waals surface area contributed by atoms with E-state index in [0.29, 0.717) is 0 Å². The minimum atomic E-state index is 1.30. The second-order valence-corrected chi connectivity index (χ2v) is 6.79. The van der Waals surface area contributed by atoms with Crippen LogP contribution in [0.4, 0.5) is 0 Å². The Morgan fingerprint density at radius 3 is 1.96 bits per heavy atom. The molecule has 0 saturated carbocycles. The van der Waals surface area contributed by atoms with Gasteiger partial charge in [-0.15, -0.1) is 0 Å². The lowest BCUT2D eigenvalue weighted by Crippen LogP contribution is -1.87. The van der Waals surface area contributed by atoms with Crippen LogP contribution in [0.25, 0.3) is 43.1 Å². The molecule has 0 unspecified atom stereocenters. The highest BCUT2D eigenvalue weighted by Crippen LogP contribution is 2.38. The van der Waals surface area contributed by atoms with Crippen LogP contribution in [0.3, 0.4) is 0 Å². The molecule has 5 aromatic rings. The minimum Gasteiger partial charge on any atom is -0.0616 e. The maximum absolute atomic E-state index is 2.35. The predicted molar refractivity (Wildman–Crippen MR) is 106 cm³/mol. The van der Waals surface area contributed by atoms with Crippen LogP contribution in [0.1, 0.15) is 11.1 Å². The van der Waals surface area contributed by atoms with Gasteiger partial charge < -0.3 is 0 Å². The van der Waals surface area contributed by atoms with Crippen molar-refractivity contribution >= 4 is 43.1 Å². The van der Waals surface area contributed by atoms with E-state index >= 15 is 0 Å². The molecule has 0 aliphatic carbocycles. The average molecular weight is 306 g/mol. The van der Waals surface area contributed by atoms with Crippen LogP contribution in [0.2, 0.25) is 0 Å². The lowest BCUT2D eigenvalue weighted by atomic mass is 9.90. The van der Waals surface area contributed by atoms with Crippen LogP contribution in [0, 0.1) is 13.8 Å². The van der Waals surface area contributed by atoms with Gasteiger partial charge in [-0.1, -0.05) is 66.2 Å². The quantitative estimate of drug-likeness (QED) is 0.215. The third-order valence-corrected chi connectivity index (χ3v) is 5.18. The van der Waals surface area contributed by atoms with Crippen LogP contribution < -0.4 is 0 Å². The minimum absolute atomic E-state index is 1.30. The smallest absolute Gasteiger partial charge is 0.00696 e. The lowest BCUT2D eigenvalue weighted by Gasteiger charge is -2.14. The topological polar surface area (TPSA) is 0 Å². The molecule has 0 fully saturated rings. The maximum Gasteiger partial charge on any atom is -0.00696 e. The first-order valence-electron chi connectivity index (χ1n) is 8.46. The van der Waals surface area contributed by atoms with Crippen molar-refractivity contribution < 1.29 is 0 Å². The molecule has 0 aliphatic rings. The molecule has 0 aliphatic heterocycles. The molecule has 0 heteroatoms. The van der Waals surface area contributed by atoms with Gasteiger partial charge in [0.1, 0.15) is 0 Å². The van der Waals surface area contributed by atoms with Gasteiger partial charge in [-0.3, -0.25) is 0 Å². The summed E-state index contributed by atoms with van der Waals surface area (Å²) in [6, 6.07) is 26.8. The Morgan fingerprint density at radius 2 is 1.21 bits per heavy atom. The summed E-state index contributed by atoms with van der Waals surface area (Å²) in [5.74, 6) is 0. The van der Waals surface area contributed by atoms with Crippen LogP contribution >= 0.6 is 0 Å². The Balaban J connectivity index is 2.17. The molecule has 5 aromatic carbocycles. The van der Waals surface area contributed by atoms with E-state index in [2.05, 4.69) is 86.6 Å². The molecule has 0 atom stereocenters. The number of aryl methyl sites for hydroxylation is 2. The van der Waals surface area contributed by atoms with Gasteiger partial charge in [0.25, 0.3) is 0 Å². The van der Waals surface area contributed by atoms with Gasteiger partial charge in [-0.2, -0.15) is 0 Å². The third-order valence-electron chi connectivity index (χ3n) is 5.18. The van der Waals surface area contributed by atoms with Gasteiger partial charge >= 0.3 is 0 Å². The van der Waals surface area contributed by atoms with Crippen LogP contribution in [-0.4, -0.2) is 0 Å². The van der Waals surface area contributed by atoms with Crippen molar-refractivity contribution in [2.45, 2.75) is 13.8 Å².